The first-order chi connectivity index (χ1) is 15.6. The molecule has 168 valence electrons. The molecule has 3 aromatic rings. The first-order valence-electron chi connectivity index (χ1n) is 9.91. The maximum atomic E-state index is 13.6. The van der Waals surface area contributed by atoms with E-state index in [4.69, 9.17) is 35.4 Å². The average Bonchev–Trinajstić information content (AvgIpc) is 3.03. The fourth-order valence-corrected chi connectivity index (χ4v) is 4.44. The maximum absolute atomic E-state index is 13.6. The molecule has 33 heavy (non-hydrogen) atoms. The topological polar surface area (TPSA) is 54.3 Å². The van der Waals surface area contributed by atoms with Gasteiger partial charge in [-0.15, -0.1) is 0 Å². The molecule has 0 unspecified atom stereocenters. The summed E-state index contributed by atoms with van der Waals surface area (Å²) in [5, 5.41) is 2.89. The van der Waals surface area contributed by atoms with Gasteiger partial charge in [0.1, 0.15) is 11.4 Å². The van der Waals surface area contributed by atoms with Crippen LogP contribution in [0.25, 0.3) is 11.8 Å². The quantitative estimate of drug-likeness (QED) is 0.285. The van der Waals surface area contributed by atoms with Crippen molar-refractivity contribution in [3.05, 3.63) is 86.4 Å². The summed E-state index contributed by atoms with van der Waals surface area (Å²) in [5.74, 6) is -1.87. The molecule has 1 N–H and O–H groups in total. The monoisotopic (exact) mass is 501 g/mol. The van der Waals surface area contributed by atoms with Crippen molar-refractivity contribution in [2.45, 2.75) is 20.8 Å². The van der Waals surface area contributed by atoms with E-state index in [0.29, 0.717) is 10.6 Å². The lowest BCUT2D eigenvalue weighted by Crippen LogP contribution is -2.54. The average molecular weight is 502 g/mol. The highest BCUT2D eigenvalue weighted by Gasteiger charge is 2.35. The van der Waals surface area contributed by atoms with Gasteiger partial charge in [0.05, 0.1) is 10.7 Å². The highest BCUT2D eigenvalue weighted by atomic mass is 35.5. The molecule has 1 aliphatic heterocycles. The minimum absolute atomic E-state index is 0.105. The lowest BCUT2D eigenvalue weighted by Gasteiger charge is -2.29. The zero-order valence-corrected chi connectivity index (χ0v) is 20.2. The Morgan fingerprint density at radius 3 is 2.45 bits per heavy atom. The third kappa shape index (κ3) is 4.08. The van der Waals surface area contributed by atoms with Gasteiger partial charge in [-0.25, -0.2) is 4.39 Å². The van der Waals surface area contributed by atoms with Crippen molar-refractivity contribution >= 4 is 64.1 Å². The van der Waals surface area contributed by atoms with Crippen LogP contribution in [0.5, 0.6) is 0 Å². The van der Waals surface area contributed by atoms with Crippen LogP contribution in [0.2, 0.25) is 10.0 Å². The minimum atomic E-state index is -0.629. The number of carbonyl (C=O) groups is 2. The molecular formula is C24H18Cl2FN3O2S. The van der Waals surface area contributed by atoms with E-state index in [1.54, 1.807) is 0 Å². The first kappa shape index (κ1) is 23.2. The number of benzene rings is 2. The van der Waals surface area contributed by atoms with E-state index in [-0.39, 0.29) is 21.4 Å². The van der Waals surface area contributed by atoms with Gasteiger partial charge in [0, 0.05) is 22.1 Å². The van der Waals surface area contributed by atoms with Gasteiger partial charge in [-0.2, -0.15) is 0 Å². The van der Waals surface area contributed by atoms with Crippen LogP contribution in [0.3, 0.4) is 0 Å². The number of hydrogen-bond acceptors (Lipinski definition) is 3. The summed E-state index contributed by atoms with van der Waals surface area (Å²) in [6.45, 7) is 5.76. The Labute approximate surface area is 205 Å². The lowest BCUT2D eigenvalue weighted by molar-refractivity contribution is -0.122. The molecular weight excluding hydrogens is 484 g/mol. The molecule has 0 atom stereocenters. The standard InChI is InChI=1S/C24H18Cl2FN3O2S/c1-12-9-15(14(3)29(12)21-6-4-5-18(25)13(21)2)10-17-22(31)28-24(33)30(23(17)32)16-7-8-20(27)19(26)11-16/h4-11H,1-3H3,(H,28,31,33)/b17-10+. The van der Waals surface area contributed by atoms with Crippen molar-refractivity contribution in [2.75, 3.05) is 4.90 Å². The lowest BCUT2D eigenvalue weighted by atomic mass is 10.1. The van der Waals surface area contributed by atoms with Crippen molar-refractivity contribution < 1.29 is 14.0 Å². The van der Waals surface area contributed by atoms with Gasteiger partial charge in [0.25, 0.3) is 11.8 Å². The van der Waals surface area contributed by atoms with Gasteiger partial charge < -0.3 is 4.57 Å². The van der Waals surface area contributed by atoms with Crippen LogP contribution >= 0.6 is 35.4 Å². The van der Waals surface area contributed by atoms with Gasteiger partial charge in [-0.1, -0.05) is 29.3 Å². The summed E-state index contributed by atoms with van der Waals surface area (Å²) >= 11 is 17.4. The second kappa shape index (κ2) is 8.74. The molecule has 0 spiro atoms. The molecule has 4 rings (SSSR count). The van der Waals surface area contributed by atoms with Crippen molar-refractivity contribution in [1.82, 2.24) is 9.88 Å². The van der Waals surface area contributed by atoms with E-state index in [0.717, 1.165) is 33.6 Å². The number of amides is 2. The third-order valence-electron chi connectivity index (χ3n) is 5.51. The number of carbonyl (C=O) groups excluding carboxylic acids is 2. The fraction of sp³-hybridized carbons (Fsp3) is 0.125. The maximum Gasteiger partial charge on any atom is 0.270 e. The normalized spacial score (nSPS) is 15.4. The Morgan fingerprint density at radius 2 is 1.76 bits per heavy atom. The number of rotatable bonds is 3. The van der Waals surface area contributed by atoms with Crippen LogP contribution in [0.4, 0.5) is 10.1 Å². The van der Waals surface area contributed by atoms with Gasteiger partial charge >= 0.3 is 0 Å². The Bertz CT molecular complexity index is 1380. The predicted octanol–water partition coefficient (Wildman–Crippen LogP) is 5.68. The number of halogens is 3. The molecule has 0 radical (unpaired) electrons. The van der Waals surface area contributed by atoms with Crippen molar-refractivity contribution in [3.8, 4) is 5.69 Å². The summed E-state index contributed by atoms with van der Waals surface area (Å²) in [6.07, 6.45) is 1.52. The number of nitrogens with one attached hydrogen (secondary N) is 1. The molecule has 1 saturated heterocycles. The number of aromatic nitrogens is 1. The van der Waals surface area contributed by atoms with Crippen LogP contribution < -0.4 is 10.2 Å². The largest absolute Gasteiger partial charge is 0.318 e. The fourth-order valence-electron chi connectivity index (χ4n) is 3.81. The molecule has 1 aliphatic rings. The number of hydrogen-bond donors (Lipinski definition) is 1. The van der Waals surface area contributed by atoms with Gasteiger partial charge in [0.2, 0.25) is 0 Å². The molecule has 2 aromatic carbocycles. The molecule has 0 bridgehead atoms. The van der Waals surface area contributed by atoms with Crippen molar-refractivity contribution in [1.29, 1.82) is 0 Å². The zero-order chi connectivity index (χ0) is 24.0. The highest BCUT2D eigenvalue weighted by Crippen LogP contribution is 2.30. The molecule has 5 nitrogen and oxygen atoms in total. The Kier molecular flexibility index (Phi) is 6.14. The van der Waals surface area contributed by atoms with Gasteiger partial charge in [-0.3, -0.25) is 19.8 Å². The SMILES string of the molecule is Cc1c(Cl)cccc1-n1c(C)cc(/C=C2\C(=O)NC(=S)N(c3ccc(F)c(Cl)c3)C2=O)c1C. The van der Waals surface area contributed by atoms with Gasteiger partial charge in [-0.05, 0) is 86.6 Å². The van der Waals surface area contributed by atoms with Crippen LogP contribution in [-0.2, 0) is 9.59 Å². The third-order valence-corrected chi connectivity index (χ3v) is 6.50. The second-order valence-corrected chi connectivity index (χ2v) is 8.80. The molecule has 0 saturated carbocycles. The summed E-state index contributed by atoms with van der Waals surface area (Å²) in [4.78, 5) is 27.1. The Balaban J connectivity index is 1.79. The van der Waals surface area contributed by atoms with Gasteiger partial charge in [0.15, 0.2) is 5.11 Å². The highest BCUT2D eigenvalue weighted by molar-refractivity contribution is 7.80. The number of thiocarbonyl (C=S) groups is 1. The first-order valence-corrected chi connectivity index (χ1v) is 11.1. The molecule has 9 heteroatoms. The van der Waals surface area contributed by atoms with Crippen LogP contribution in [0.1, 0.15) is 22.5 Å². The van der Waals surface area contributed by atoms with E-state index >= 15 is 0 Å². The van der Waals surface area contributed by atoms with Crippen LogP contribution in [-0.4, -0.2) is 21.5 Å². The summed E-state index contributed by atoms with van der Waals surface area (Å²) in [7, 11) is 0. The summed E-state index contributed by atoms with van der Waals surface area (Å²) < 4.78 is 15.6. The summed E-state index contributed by atoms with van der Waals surface area (Å²) in [6, 6.07) is 11.3. The van der Waals surface area contributed by atoms with Crippen molar-refractivity contribution in [2.24, 2.45) is 0 Å². The predicted molar refractivity (Wildman–Crippen MR) is 133 cm³/mol. The summed E-state index contributed by atoms with van der Waals surface area (Å²) in [5.41, 5.74) is 4.40. The van der Waals surface area contributed by atoms with Crippen LogP contribution in [0, 0.1) is 26.6 Å². The number of nitrogens with zero attached hydrogens (tertiary/aromatic N) is 2. The molecule has 1 aromatic heterocycles. The van der Waals surface area contributed by atoms with Crippen molar-refractivity contribution in [3.63, 3.8) is 0 Å². The molecule has 2 amide bonds. The zero-order valence-electron chi connectivity index (χ0n) is 17.9. The smallest absolute Gasteiger partial charge is 0.270 e. The Hall–Kier alpha value is -3.00. The van der Waals surface area contributed by atoms with E-state index in [1.807, 2.05) is 49.6 Å². The van der Waals surface area contributed by atoms with E-state index in [2.05, 4.69) is 5.32 Å². The molecule has 1 fully saturated rings. The number of anilines is 1. The van der Waals surface area contributed by atoms with E-state index < -0.39 is 17.6 Å². The van der Waals surface area contributed by atoms with E-state index in [9.17, 15) is 14.0 Å². The number of aryl methyl sites for hydroxylation is 1. The Morgan fingerprint density at radius 1 is 1.03 bits per heavy atom. The second-order valence-electron chi connectivity index (χ2n) is 7.60. The van der Waals surface area contributed by atoms with Crippen LogP contribution in [0.15, 0.2) is 48.0 Å². The van der Waals surface area contributed by atoms with E-state index in [1.165, 1.54) is 18.2 Å². The molecule has 0 aliphatic carbocycles. The minimum Gasteiger partial charge on any atom is -0.318 e. The molecule has 2 heterocycles.